The molecule has 1 aliphatic rings. The molecule has 3 aromatic rings. The van der Waals surface area contributed by atoms with Crippen molar-refractivity contribution < 1.29 is 9.59 Å². The lowest BCUT2D eigenvalue weighted by Gasteiger charge is -2.15. The number of urea groups is 1. The van der Waals surface area contributed by atoms with Crippen LogP contribution in [0.5, 0.6) is 0 Å². The van der Waals surface area contributed by atoms with Crippen molar-refractivity contribution in [2.45, 2.75) is 58.5 Å². The summed E-state index contributed by atoms with van der Waals surface area (Å²) >= 11 is 2.76. The molecule has 2 N–H and O–H groups in total. The fraction of sp³-hybridized carbons (Fsp3) is 0.440. The smallest absolute Gasteiger partial charge is 0.321 e. The average Bonchev–Trinajstić information content (AvgIpc) is 3.17. The Kier molecular flexibility index (Phi) is 7.42. The Bertz CT molecular complexity index is 1310. The number of amides is 3. The second-order valence-corrected chi connectivity index (χ2v) is 11.2. The van der Waals surface area contributed by atoms with Gasteiger partial charge in [0.2, 0.25) is 5.91 Å². The standard InChI is InChI=1S/C25H30N4O3S2/c1-14(2)12-26-24(32)27-20(30)13-33-25-28-22-21(18-7-5-6-8-19(18)34-22)23(31)29(25)17-10-9-15(3)16(4)11-17/h9-11,14H,5-8,12-13H2,1-4H3,(H2,26,27,30,32). The van der Waals surface area contributed by atoms with E-state index in [1.807, 2.05) is 45.9 Å². The maximum atomic E-state index is 13.8. The number of thiophene rings is 1. The highest BCUT2D eigenvalue weighted by Crippen LogP contribution is 2.35. The SMILES string of the molecule is Cc1ccc(-n2c(SCC(=O)NC(=O)NCC(C)C)nc3sc4c(c3c2=O)CCCC4)cc1C. The molecule has 0 radical (unpaired) electrons. The number of aryl methyl sites for hydroxylation is 4. The minimum atomic E-state index is -0.514. The van der Waals surface area contributed by atoms with Crippen molar-refractivity contribution in [1.82, 2.24) is 20.2 Å². The van der Waals surface area contributed by atoms with Crippen LogP contribution >= 0.6 is 23.1 Å². The molecule has 0 unspecified atom stereocenters. The largest absolute Gasteiger partial charge is 0.338 e. The van der Waals surface area contributed by atoms with Gasteiger partial charge in [-0.3, -0.25) is 19.5 Å². The summed E-state index contributed by atoms with van der Waals surface area (Å²) in [7, 11) is 0. The fourth-order valence-corrected chi connectivity index (χ4v) is 6.12. The molecule has 0 aliphatic heterocycles. The predicted octanol–water partition coefficient (Wildman–Crippen LogP) is 4.52. The van der Waals surface area contributed by atoms with Crippen molar-refractivity contribution in [1.29, 1.82) is 0 Å². The van der Waals surface area contributed by atoms with Crippen molar-refractivity contribution in [3.05, 3.63) is 50.1 Å². The van der Waals surface area contributed by atoms with Gasteiger partial charge in [0, 0.05) is 11.4 Å². The van der Waals surface area contributed by atoms with Crippen LogP contribution in [-0.4, -0.2) is 33.8 Å². The molecule has 0 saturated heterocycles. The van der Waals surface area contributed by atoms with E-state index in [1.165, 1.54) is 16.6 Å². The highest BCUT2D eigenvalue weighted by molar-refractivity contribution is 7.99. The minimum absolute atomic E-state index is 0.0248. The summed E-state index contributed by atoms with van der Waals surface area (Å²) in [6.45, 7) is 8.49. The van der Waals surface area contributed by atoms with Gasteiger partial charge in [-0.25, -0.2) is 9.78 Å². The van der Waals surface area contributed by atoms with Gasteiger partial charge in [-0.2, -0.15) is 0 Å². The van der Waals surface area contributed by atoms with Crippen molar-refractivity contribution in [2.75, 3.05) is 12.3 Å². The van der Waals surface area contributed by atoms with E-state index in [4.69, 9.17) is 4.98 Å². The molecule has 1 aliphatic carbocycles. The van der Waals surface area contributed by atoms with E-state index in [-0.39, 0.29) is 17.2 Å². The molecule has 2 aromatic heterocycles. The molecule has 0 atom stereocenters. The van der Waals surface area contributed by atoms with Gasteiger partial charge in [0.1, 0.15) is 4.83 Å². The molecular weight excluding hydrogens is 468 g/mol. The maximum absolute atomic E-state index is 13.8. The molecule has 4 rings (SSSR count). The van der Waals surface area contributed by atoms with Crippen LogP contribution in [0, 0.1) is 19.8 Å². The first-order valence-corrected chi connectivity index (χ1v) is 13.4. The molecule has 0 spiro atoms. The molecule has 34 heavy (non-hydrogen) atoms. The number of carbonyl (C=O) groups is 2. The molecule has 0 fully saturated rings. The van der Waals surface area contributed by atoms with E-state index in [1.54, 1.807) is 15.9 Å². The number of fused-ring (bicyclic) bond motifs is 3. The Morgan fingerprint density at radius 2 is 1.94 bits per heavy atom. The van der Waals surface area contributed by atoms with Crippen LogP contribution in [0.15, 0.2) is 28.2 Å². The zero-order valence-electron chi connectivity index (χ0n) is 20.0. The number of rotatable bonds is 6. The molecule has 7 nitrogen and oxygen atoms in total. The number of benzene rings is 1. The lowest BCUT2D eigenvalue weighted by atomic mass is 9.97. The average molecular weight is 499 g/mol. The summed E-state index contributed by atoms with van der Waals surface area (Å²) in [5, 5.41) is 6.19. The van der Waals surface area contributed by atoms with Crippen LogP contribution in [-0.2, 0) is 17.6 Å². The van der Waals surface area contributed by atoms with Crippen LogP contribution < -0.4 is 16.2 Å². The van der Waals surface area contributed by atoms with Crippen molar-refractivity contribution >= 4 is 45.3 Å². The molecule has 0 bridgehead atoms. The quantitative estimate of drug-likeness (QED) is 0.385. The molecule has 2 heterocycles. The third kappa shape index (κ3) is 5.20. The third-order valence-corrected chi connectivity index (χ3v) is 8.09. The lowest BCUT2D eigenvalue weighted by Crippen LogP contribution is -2.41. The van der Waals surface area contributed by atoms with Gasteiger partial charge in [0.25, 0.3) is 5.56 Å². The van der Waals surface area contributed by atoms with Gasteiger partial charge < -0.3 is 5.32 Å². The van der Waals surface area contributed by atoms with Gasteiger partial charge in [0.05, 0.1) is 16.8 Å². The Morgan fingerprint density at radius 3 is 2.68 bits per heavy atom. The monoisotopic (exact) mass is 498 g/mol. The topological polar surface area (TPSA) is 93.1 Å². The molecule has 9 heteroatoms. The highest BCUT2D eigenvalue weighted by atomic mass is 32.2. The van der Waals surface area contributed by atoms with E-state index in [0.717, 1.165) is 52.9 Å². The summed E-state index contributed by atoms with van der Waals surface area (Å²) in [6.07, 6.45) is 4.10. The van der Waals surface area contributed by atoms with Crippen molar-refractivity contribution in [2.24, 2.45) is 5.92 Å². The number of nitrogens with one attached hydrogen (secondary N) is 2. The van der Waals surface area contributed by atoms with E-state index in [9.17, 15) is 14.4 Å². The van der Waals surface area contributed by atoms with E-state index < -0.39 is 11.9 Å². The van der Waals surface area contributed by atoms with Crippen LogP contribution in [0.4, 0.5) is 4.79 Å². The Labute approximate surface area is 207 Å². The molecular formula is C25H30N4O3S2. The first-order chi connectivity index (χ1) is 16.2. The number of carbonyl (C=O) groups excluding carboxylic acids is 2. The van der Waals surface area contributed by atoms with Gasteiger partial charge in [-0.1, -0.05) is 31.7 Å². The number of thioether (sulfide) groups is 1. The first-order valence-electron chi connectivity index (χ1n) is 11.6. The minimum Gasteiger partial charge on any atom is -0.338 e. The highest BCUT2D eigenvalue weighted by Gasteiger charge is 2.23. The number of aromatic nitrogens is 2. The molecule has 1 aromatic carbocycles. The number of hydrogen-bond acceptors (Lipinski definition) is 6. The summed E-state index contributed by atoms with van der Waals surface area (Å²) in [5.41, 5.74) is 3.99. The van der Waals surface area contributed by atoms with E-state index >= 15 is 0 Å². The van der Waals surface area contributed by atoms with Gasteiger partial charge >= 0.3 is 6.03 Å². The maximum Gasteiger partial charge on any atom is 0.321 e. The summed E-state index contributed by atoms with van der Waals surface area (Å²) < 4.78 is 1.62. The van der Waals surface area contributed by atoms with Crippen LogP contribution in [0.25, 0.3) is 15.9 Å². The van der Waals surface area contributed by atoms with Gasteiger partial charge in [0.15, 0.2) is 5.16 Å². The molecule has 3 amide bonds. The third-order valence-electron chi connectivity index (χ3n) is 5.96. The zero-order valence-corrected chi connectivity index (χ0v) is 21.6. The Hall–Kier alpha value is -2.65. The normalized spacial score (nSPS) is 13.2. The van der Waals surface area contributed by atoms with E-state index in [0.29, 0.717) is 17.1 Å². The van der Waals surface area contributed by atoms with E-state index in [2.05, 4.69) is 10.6 Å². The van der Waals surface area contributed by atoms with Crippen molar-refractivity contribution in [3.8, 4) is 5.69 Å². The first kappa shape index (κ1) is 24.5. The number of nitrogens with zero attached hydrogens (tertiary/aromatic N) is 2. The van der Waals surface area contributed by atoms with Crippen LogP contribution in [0.1, 0.15) is 48.3 Å². The Morgan fingerprint density at radius 1 is 1.18 bits per heavy atom. The molecule has 0 saturated carbocycles. The van der Waals surface area contributed by atoms with Gasteiger partial charge in [-0.15, -0.1) is 11.3 Å². The lowest BCUT2D eigenvalue weighted by molar-refractivity contribution is -0.117. The summed E-state index contributed by atoms with van der Waals surface area (Å²) in [6, 6.07) is 5.37. The number of hydrogen-bond donors (Lipinski definition) is 2. The second-order valence-electron chi connectivity index (χ2n) is 9.14. The van der Waals surface area contributed by atoms with Crippen LogP contribution in [0.3, 0.4) is 0 Å². The second kappa shape index (κ2) is 10.3. The zero-order chi connectivity index (χ0) is 24.4. The summed E-state index contributed by atoms with van der Waals surface area (Å²) in [4.78, 5) is 45.0. The van der Waals surface area contributed by atoms with Crippen LogP contribution in [0.2, 0.25) is 0 Å². The van der Waals surface area contributed by atoms with Gasteiger partial charge in [-0.05, 0) is 74.3 Å². The predicted molar refractivity (Wildman–Crippen MR) is 138 cm³/mol. The summed E-state index contributed by atoms with van der Waals surface area (Å²) in [5.74, 6) is -0.170. The molecule has 180 valence electrons. The number of imide groups is 1. The Balaban J connectivity index is 1.69. The fourth-order valence-electron chi connectivity index (χ4n) is 4.01. The van der Waals surface area contributed by atoms with Crippen molar-refractivity contribution in [3.63, 3.8) is 0 Å².